The van der Waals surface area contributed by atoms with Crippen molar-refractivity contribution in [1.82, 2.24) is 9.88 Å². The first kappa shape index (κ1) is 24.6. The number of aromatic nitrogens is 1. The van der Waals surface area contributed by atoms with Crippen LogP contribution in [0.4, 0.5) is 0 Å². The van der Waals surface area contributed by atoms with E-state index in [1.807, 2.05) is 6.20 Å². The van der Waals surface area contributed by atoms with Gasteiger partial charge in [-0.1, -0.05) is 46.6 Å². The van der Waals surface area contributed by atoms with Crippen LogP contribution in [-0.4, -0.2) is 16.0 Å². The summed E-state index contributed by atoms with van der Waals surface area (Å²) in [5.41, 5.74) is 2.52. The number of carbonyl (C=O) groups excluding carboxylic acids is 1. The number of nitrogens with zero attached hydrogens (tertiary/aromatic N) is 1. The van der Waals surface area contributed by atoms with Crippen LogP contribution in [0.3, 0.4) is 0 Å². The minimum absolute atomic E-state index is 0.0885. The summed E-state index contributed by atoms with van der Waals surface area (Å²) in [7, 11) is 0. The van der Waals surface area contributed by atoms with E-state index in [9.17, 15) is 9.59 Å². The SMILES string of the molecule is CCCCCn1cc(C(=O)NC23CC4CC(CC(C4)C2)C3)c(=O)c2cc(CCC(C)(C)C)ccc21. The smallest absolute Gasteiger partial charge is 0.257 e. The Bertz CT molecular complexity index is 1120. The Morgan fingerprint density at radius 3 is 2.31 bits per heavy atom. The second kappa shape index (κ2) is 9.41. The van der Waals surface area contributed by atoms with Gasteiger partial charge in [-0.2, -0.15) is 0 Å². The largest absolute Gasteiger partial charge is 0.346 e. The number of carbonyl (C=O) groups is 1. The van der Waals surface area contributed by atoms with Crippen LogP contribution in [0.1, 0.15) is 108 Å². The van der Waals surface area contributed by atoms with Crippen LogP contribution in [0.15, 0.2) is 29.2 Å². The van der Waals surface area contributed by atoms with E-state index in [0.29, 0.717) is 10.9 Å². The third-order valence-electron chi connectivity index (χ3n) is 8.97. The molecule has 0 unspecified atom stereocenters. The Morgan fingerprint density at radius 2 is 1.71 bits per heavy atom. The predicted octanol–water partition coefficient (Wildman–Crippen LogP) is 6.87. The lowest BCUT2D eigenvalue weighted by Crippen LogP contribution is -2.60. The molecule has 0 saturated heterocycles. The molecule has 0 radical (unpaired) electrons. The number of nitrogens with one attached hydrogen (secondary N) is 1. The zero-order valence-electron chi connectivity index (χ0n) is 22.3. The van der Waals surface area contributed by atoms with Crippen molar-refractivity contribution < 1.29 is 4.79 Å². The minimum atomic E-state index is -0.150. The van der Waals surface area contributed by atoms with Gasteiger partial charge in [0, 0.05) is 23.7 Å². The molecule has 6 rings (SSSR count). The van der Waals surface area contributed by atoms with Crippen molar-refractivity contribution in [1.29, 1.82) is 0 Å². The van der Waals surface area contributed by atoms with E-state index in [1.54, 1.807) is 0 Å². The second-order valence-corrected chi connectivity index (χ2v) is 13.3. The standard InChI is InChI=1S/C31H44N2O2/c1-5-6-7-12-33-20-26(28(34)25-16-21(8-9-27(25)33)10-11-30(2,3)4)29(35)32-31-17-22-13-23(18-31)15-24(14-22)19-31/h8-9,16,20,22-24H,5-7,10-15,17-19H2,1-4H3,(H,32,35). The molecular formula is C31H44N2O2. The first-order valence-electron chi connectivity index (χ1n) is 14.1. The van der Waals surface area contributed by atoms with Gasteiger partial charge in [0.15, 0.2) is 0 Å². The van der Waals surface area contributed by atoms with Gasteiger partial charge in [-0.05, 0) is 98.7 Å². The molecular weight excluding hydrogens is 432 g/mol. The highest BCUT2D eigenvalue weighted by Gasteiger charge is 2.51. The molecule has 0 aliphatic heterocycles. The summed E-state index contributed by atoms with van der Waals surface area (Å²) in [5.74, 6) is 2.13. The van der Waals surface area contributed by atoms with Gasteiger partial charge in [-0.25, -0.2) is 0 Å². The van der Waals surface area contributed by atoms with E-state index in [4.69, 9.17) is 0 Å². The van der Waals surface area contributed by atoms with E-state index in [2.05, 4.69) is 55.8 Å². The molecule has 4 saturated carbocycles. The maximum absolute atomic E-state index is 13.7. The second-order valence-electron chi connectivity index (χ2n) is 13.3. The summed E-state index contributed by atoms with van der Waals surface area (Å²) >= 11 is 0. The first-order chi connectivity index (χ1) is 16.6. The van der Waals surface area contributed by atoms with E-state index >= 15 is 0 Å². The number of amides is 1. The van der Waals surface area contributed by atoms with Gasteiger partial charge in [0.2, 0.25) is 5.43 Å². The molecule has 0 atom stereocenters. The number of aryl methyl sites for hydroxylation is 2. The van der Waals surface area contributed by atoms with Crippen molar-refractivity contribution in [3.63, 3.8) is 0 Å². The normalized spacial score (nSPS) is 27.5. The molecule has 4 bridgehead atoms. The fourth-order valence-corrected chi connectivity index (χ4v) is 7.57. The van der Waals surface area contributed by atoms with Crippen molar-refractivity contribution in [2.45, 2.75) is 110 Å². The quantitative estimate of drug-likeness (QED) is 0.423. The third-order valence-corrected chi connectivity index (χ3v) is 8.97. The molecule has 4 aliphatic carbocycles. The summed E-state index contributed by atoms with van der Waals surface area (Å²) < 4.78 is 2.16. The molecule has 1 N–H and O–H groups in total. The summed E-state index contributed by atoms with van der Waals surface area (Å²) in [4.78, 5) is 27.4. The average Bonchev–Trinajstić information content (AvgIpc) is 2.77. The molecule has 1 amide bonds. The number of rotatable bonds is 8. The van der Waals surface area contributed by atoms with Gasteiger partial charge in [-0.3, -0.25) is 9.59 Å². The van der Waals surface area contributed by atoms with Crippen LogP contribution in [0.25, 0.3) is 10.9 Å². The summed E-state index contributed by atoms with van der Waals surface area (Å²) in [6, 6.07) is 6.32. The van der Waals surface area contributed by atoms with Crippen LogP contribution < -0.4 is 10.7 Å². The highest BCUT2D eigenvalue weighted by Crippen LogP contribution is 2.55. The van der Waals surface area contributed by atoms with E-state index in [1.165, 1.54) is 24.8 Å². The highest BCUT2D eigenvalue weighted by molar-refractivity contribution is 5.97. The van der Waals surface area contributed by atoms with Crippen LogP contribution in [0.2, 0.25) is 0 Å². The number of benzene rings is 1. The minimum Gasteiger partial charge on any atom is -0.346 e. The summed E-state index contributed by atoms with van der Waals surface area (Å²) in [5, 5.41) is 4.15. The fourth-order valence-electron chi connectivity index (χ4n) is 7.57. The molecule has 190 valence electrons. The lowest BCUT2D eigenvalue weighted by atomic mass is 9.53. The molecule has 1 aromatic heterocycles. The van der Waals surface area contributed by atoms with Gasteiger partial charge in [0.05, 0.1) is 5.52 Å². The number of fused-ring (bicyclic) bond motifs is 1. The van der Waals surface area contributed by atoms with Crippen LogP contribution in [0.5, 0.6) is 0 Å². The number of pyridine rings is 1. The van der Waals surface area contributed by atoms with Crippen LogP contribution in [-0.2, 0) is 13.0 Å². The number of unbranched alkanes of at least 4 members (excludes halogenated alkanes) is 2. The fraction of sp³-hybridized carbons (Fsp3) is 0.677. The Labute approximate surface area is 210 Å². The topological polar surface area (TPSA) is 51.1 Å². The van der Waals surface area contributed by atoms with Crippen molar-refractivity contribution in [2.75, 3.05) is 0 Å². The molecule has 4 aliphatic rings. The molecule has 4 nitrogen and oxygen atoms in total. The molecule has 1 aromatic carbocycles. The number of hydrogen-bond acceptors (Lipinski definition) is 2. The van der Waals surface area contributed by atoms with Crippen LogP contribution >= 0.6 is 0 Å². The van der Waals surface area contributed by atoms with Crippen molar-refractivity contribution >= 4 is 16.8 Å². The first-order valence-corrected chi connectivity index (χ1v) is 14.1. The van der Waals surface area contributed by atoms with Crippen molar-refractivity contribution in [3.8, 4) is 0 Å². The van der Waals surface area contributed by atoms with Gasteiger partial charge < -0.3 is 9.88 Å². The Balaban J connectivity index is 1.47. The molecule has 0 spiro atoms. The molecule has 4 heteroatoms. The maximum atomic E-state index is 13.7. The Morgan fingerprint density at radius 1 is 1.06 bits per heavy atom. The molecule has 1 heterocycles. The van der Waals surface area contributed by atoms with E-state index < -0.39 is 0 Å². The summed E-state index contributed by atoms with van der Waals surface area (Å²) in [6.45, 7) is 9.80. The Kier molecular flexibility index (Phi) is 6.61. The lowest BCUT2D eigenvalue weighted by molar-refractivity contribution is -0.0167. The molecule has 2 aromatic rings. The van der Waals surface area contributed by atoms with E-state index in [-0.39, 0.29) is 22.3 Å². The number of hydrogen-bond donors (Lipinski definition) is 1. The zero-order chi connectivity index (χ0) is 24.8. The highest BCUT2D eigenvalue weighted by atomic mass is 16.2. The maximum Gasteiger partial charge on any atom is 0.257 e. The molecule has 4 fully saturated rings. The Hall–Kier alpha value is -2.10. The van der Waals surface area contributed by atoms with E-state index in [0.717, 1.165) is 81.2 Å². The van der Waals surface area contributed by atoms with Crippen LogP contribution in [0, 0.1) is 23.2 Å². The third kappa shape index (κ3) is 5.22. The van der Waals surface area contributed by atoms with Gasteiger partial charge in [0.25, 0.3) is 5.91 Å². The predicted molar refractivity (Wildman–Crippen MR) is 144 cm³/mol. The van der Waals surface area contributed by atoms with Crippen molar-refractivity contribution in [2.24, 2.45) is 23.2 Å². The van der Waals surface area contributed by atoms with Gasteiger partial charge in [0.1, 0.15) is 5.56 Å². The zero-order valence-corrected chi connectivity index (χ0v) is 22.3. The molecule has 35 heavy (non-hydrogen) atoms. The lowest BCUT2D eigenvalue weighted by Gasteiger charge is -2.56. The average molecular weight is 477 g/mol. The van der Waals surface area contributed by atoms with Gasteiger partial charge in [-0.15, -0.1) is 0 Å². The monoisotopic (exact) mass is 476 g/mol. The van der Waals surface area contributed by atoms with Crippen molar-refractivity contribution in [3.05, 3.63) is 45.7 Å². The summed E-state index contributed by atoms with van der Waals surface area (Å²) in [6.07, 6.45) is 14.5. The van der Waals surface area contributed by atoms with Gasteiger partial charge >= 0.3 is 0 Å².